The Hall–Kier alpha value is -0.980. The zero-order chi connectivity index (χ0) is 15.6. The summed E-state index contributed by atoms with van der Waals surface area (Å²) in [6.45, 7) is 4.48. The quantitative estimate of drug-likeness (QED) is 0.781. The first-order chi connectivity index (χ1) is 9.79. The smallest absolute Gasteiger partial charge is 0.218 e. The van der Waals surface area contributed by atoms with E-state index in [0.29, 0.717) is 18.0 Å². The third kappa shape index (κ3) is 4.49. The van der Waals surface area contributed by atoms with Gasteiger partial charge in [-0.1, -0.05) is 30.4 Å². The van der Waals surface area contributed by atoms with E-state index >= 15 is 0 Å². The lowest BCUT2D eigenvalue weighted by molar-refractivity contribution is 0.341. The van der Waals surface area contributed by atoms with Gasteiger partial charge >= 0.3 is 0 Å². The largest absolute Gasteiger partial charge is 0.389 e. The van der Waals surface area contributed by atoms with Crippen molar-refractivity contribution >= 4 is 27.2 Å². The minimum absolute atomic E-state index is 0.00560. The predicted molar refractivity (Wildman–Crippen MR) is 89.5 cm³/mol. The molecule has 0 aliphatic heterocycles. The fourth-order valence-corrected chi connectivity index (χ4v) is 4.28. The highest BCUT2D eigenvalue weighted by atomic mass is 32.2. The molecule has 0 atom stereocenters. The molecule has 0 aromatic heterocycles. The predicted octanol–water partition coefficient (Wildman–Crippen LogP) is 2.27. The van der Waals surface area contributed by atoms with Crippen LogP contribution in [0.2, 0.25) is 0 Å². The van der Waals surface area contributed by atoms with Gasteiger partial charge in [0.25, 0.3) is 0 Å². The van der Waals surface area contributed by atoms with Gasteiger partial charge in [0.1, 0.15) is 4.99 Å². The van der Waals surface area contributed by atoms with Crippen molar-refractivity contribution in [3.63, 3.8) is 0 Å². The normalized spacial score (nSPS) is 15.6. The number of rotatable bonds is 7. The van der Waals surface area contributed by atoms with Crippen molar-refractivity contribution in [3.8, 4) is 0 Å². The van der Waals surface area contributed by atoms with Gasteiger partial charge < -0.3 is 5.73 Å². The van der Waals surface area contributed by atoms with Crippen molar-refractivity contribution in [2.24, 2.45) is 11.7 Å². The molecule has 6 heteroatoms. The molecule has 1 aromatic carbocycles. The number of sulfonamides is 1. The molecule has 0 unspecified atom stereocenters. The van der Waals surface area contributed by atoms with Crippen molar-refractivity contribution in [3.05, 3.63) is 35.4 Å². The minimum Gasteiger partial charge on any atom is -0.389 e. The number of thiocarbonyl (C=S) groups is 1. The fraction of sp³-hybridized carbons (Fsp3) is 0.533. The maximum absolute atomic E-state index is 12.6. The molecule has 2 N–H and O–H groups in total. The molecule has 1 aliphatic rings. The summed E-state index contributed by atoms with van der Waals surface area (Å²) < 4.78 is 26.9. The Balaban J connectivity index is 2.18. The van der Waals surface area contributed by atoms with E-state index < -0.39 is 10.0 Å². The lowest BCUT2D eigenvalue weighted by Crippen LogP contribution is -2.39. The highest BCUT2D eigenvalue weighted by molar-refractivity contribution is 7.88. The molecular weight excluding hydrogens is 304 g/mol. The average molecular weight is 326 g/mol. The number of hydrogen-bond donors (Lipinski definition) is 1. The molecule has 116 valence electrons. The topological polar surface area (TPSA) is 63.4 Å². The average Bonchev–Trinajstić information content (AvgIpc) is 3.19. The molecule has 1 aliphatic carbocycles. The summed E-state index contributed by atoms with van der Waals surface area (Å²) in [5.74, 6) is 0.527. The SMILES string of the molecule is CC(C)N(CC1CC1)S(=O)(=O)Cc1cccc(C(N)=S)c1. The third-order valence-electron chi connectivity index (χ3n) is 3.63. The molecule has 0 spiro atoms. The van der Waals surface area contributed by atoms with Crippen molar-refractivity contribution < 1.29 is 8.42 Å². The van der Waals surface area contributed by atoms with Crippen LogP contribution < -0.4 is 5.73 Å². The van der Waals surface area contributed by atoms with Crippen LogP contribution in [-0.2, 0) is 15.8 Å². The number of nitrogens with two attached hydrogens (primary N) is 1. The molecule has 4 nitrogen and oxygen atoms in total. The Kier molecular flexibility index (Phi) is 5.01. The van der Waals surface area contributed by atoms with Crippen LogP contribution in [-0.4, -0.2) is 30.3 Å². The lowest BCUT2D eigenvalue weighted by atomic mass is 10.1. The zero-order valence-corrected chi connectivity index (χ0v) is 14.1. The maximum Gasteiger partial charge on any atom is 0.218 e. The first-order valence-corrected chi connectivity index (χ1v) is 9.19. The Labute approximate surface area is 132 Å². The number of benzene rings is 1. The molecular formula is C15H22N2O2S2. The van der Waals surface area contributed by atoms with Crippen LogP contribution in [0.1, 0.15) is 37.8 Å². The van der Waals surface area contributed by atoms with Gasteiger partial charge in [0.15, 0.2) is 0 Å². The molecule has 21 heavy (non-hydrogen) atoms. The van der Waals surface area contributed by atoms with Crippen molar-refractivity contribution in [2.45, 2.75) is 38.5 Å². The van der Waals surface area contributed by atoms with E-state index in [9.17, 15) is 8.42 Å². The van der Waals surface area contributed by atoms with Crippen LogP contribution in [0.4, 0.5) is 0 Å². The van der Waals surface area contributed by atoms with E-state index in [-0.39, 0.29) is 16.8 Å². The first kappa shape index (κ1) is 16.4. The van der Waals surface area contributed by atoms with Gasteiger partial charge in [-0.05, 0) is 44.2 Å². The van der Waals surface area contributed by atoms with E-state index in [1.54, 1.807) is 28.6 Å². The third-order valence-corrected chi connectivity index (χ3v) is 5.85. The summed E-state index contributed by atoms with van der Waals surface area (Å²) in [6.07, 6.45) is 2.27. The van der Waals surface area contributed by atoms with Gasteiger partial charge in [-0.2, -0.15) is 4.31 Å². The van der Waals surface area contributed by atoms with Crippen LogP contribution in [0.15, 0.2) is 24.3 Å². The first-order valence-electron chi connectivity index (χ1n) is 7.18. The van der Waals surface area contributed by atoms with E-state index in [4.69, 9.17) is 18.0 Å². The Morgan fingerprint density at radius 2 is 2.10 bits per heavy atom. The van der Waals surface area contributed by atoms with E-state index in [1.807, 2.05) is 13.8 Å². The second kappa shape index (κ2) is 6.42. The molecule has 0 radical (unpaired) electrons. The molecule has 0 heterocycles. The summed E-state index contributed by atoms with van der Waals surface area (Å²) in [6, 6.07) is 7.13. The highest BCUT2D eigenvalue weighted by Gasteiger charge is 2.32. The fourth-order valence-electron chi connectivity index (χ4n) is 2.31. The maximum atomic E-state index is 12.6. The standard InChI is InChI=1S/C15H22N2O2S2/c1-11(2)17(9-12-6-7-12)21(18,19)10-13-4-3-5-14(8-13)15(16)20/h3-5,8,11-12H,6-7,9-10H2,1-2H3,(H2,16,20). The van der Waals surface area contributed by atoms with E-state index in [0.717, 1.165) is 18.4 Å². The molecule has 1 aromatic rings. The van der Waals surface area contributed by atoms with Gasteiger partial charge in [0, 0.05) is 18.2 Å². The summed E-state index contributed by atoms with van der Waals surface area (Å²) >= 11 is 4.94. The summed E-state index contributed by atoms with van der Waals surface area (Å²) in [7, 11) is -3.32. The van der Waals surface area contributed by atoms with Gasteiger partial charge in [-0.15, -0.1) is 0 Å². The van der Waals surface area contributed by atoms with Gasteiger partial charge in [-0.25, -0.2) is 8.42 Å². The molecule has 0 amide bonds. The van der Waals surface area contributed by atoms with E-state index in [1.165, 1.54) is 0 Å². The minimum atomic E-state index is -3.32. The Morgan fingerprint density at radius 3 is 2.62 bits per heavy atom. The van der Waals surface area contributed by atoms with Crippen LogP contribution in [0.3, 0.4) is 0 Å². The Bertz CT molecular complexity index is 622. The van der Waals surface area contributed by atoms with Crippen LogP contribution >= 0.6 is 12.2 Å². The van der Waals surface area contributed by atoms with Crippen molar-refractivity contribution in [1.29, 1.82) is 0 Å². The summed E-state index contributed by atoms with van der Waals surface area (Å²) in [4.78, 5) is 0.285. The van der Waals surface area contributed by atoms with Gasteiger partial charge in [0.05, 0.1) is 5.75 Å². The molecule has 0 bridgehead atoms. The highest BCUT2D eigenvalue weighted by Crippen LogP contribution is 2.31. The number of hydrogen-bond acceptors (Lipinski definition) is 3. The molecule has 1 fully saturated rings. The molecule has 0 saturated heterocycles. The second-order valence-electron chi connectivity index (χ2n) is 5.93. The zero-order valence-electron chi connectivity index (χ0n) is 12.5. The van der Waals surface area contributed by atoms with Gasteiger partial charge in [-0.3, -0.25) is 0 Å². The number of nitrogens with zero attached hydrogens (tertiary/aromatic N) is 1. The molecule has 1 saturated carbocycles. The lowest BCUT2D eigenvalue weighted by Gasteiger charge is -2.26. The molecule has 2 rings (SSSR count). The van der Waals surface area contributed by atoms with Crippen LogP contribution in [0.5, 0.6) is 0 Å². The van der Waals surface area contributed by atoms with Crippen LogP contribution in [0.25, 0.3) is 0 Å². The second-order valence-corrected chi connectivity index (χ2v) is 8.29. The summed E-state index contributed by atoms with van der Waals surface area (Å²) in [5.41, 5.74) is 7.03. The Morgan fingerprint density at radius 1 is 1.43 bits per heavy atom. The van der Waals surface area contributed by atoms with Crippen molar-refractivity contribution in [1.82, 2.24) is 4.31 Å². The van der Waals surface area contributed by atoms with Crippen LogP contribution in [0, 0.1) is 5.92 Å². The van der Waals surface area contributed by atoms with Crippen molar-refractivity contribution in [2.75, 3.05) is 6.54 Å². The monoisotopic (exact) mass is 326 g/mol. The van der Waals surface area contributed by atoms with Gasteiger partial charge in [0.2, 0.25) is 10.0 Å². The van der Waals surface area contributed by atoms with E-state index in [2.05, 4.69) is 0 Å². The summed E-state index contributed by atoms with van der Waals surface area (Å²) in [5, 5.41) is 0.